The quantitative estimate of drug-likeness (QED) is 0.927. The zero-order valence-corrected chi connectivity index (χ0v) is 14.1. The van der Waals surface area contributed by atoms with Crippen molar-refractivity contribution in [2.75, 3.05) is 0 Å². The first-order chi connectivity index (χ1) is 11.6. The number of fused-ring (bicyclic) bond motifs is 2. The maximum atomic E-state index is 12.7. The number of hydrogen-bond acceptors (Lipinski definition) is 3. The number of benzene rings is 1. The smallest absolute Gasteiger partial charge is 0.307 e. The molecule has 0 fully saturated rings. The Labute approximate surface area is 144 Å². The van der Waals surface area contributed by atoms with Gasteiger partial charge in [0.2, 0.25) is 5.91 Å². The van der Waals surface area contributed by atoms with Gasteiger partial charge in [-0.2, -0.15) is 11.3 Å². The summed E-state index contributed by atoms with van der Waals surface area (Å²) >= 11 is 1.66. The standard InChI is InChI=1S/C19H19NO3S/c21-18(20-8-13-10-24-11-14(13)9-20)7-17(19(22)23)16-6-5-12-3-1-2-4-15(12)16/h1-4,10-11,16-17H,5-9H2,(H,22,23)/t16-,17?/m1/s1. The highest BCUT2D eigenvalue weighted by Gasteiger charge is 2.37. The number of nitrogens with zero attached hydrogens (tertiary/aromatic N) is 1. The molecule has 2 aromatic rings. The predicted octanol–water partition coefficient (Wildman–Crippen LogP) is 3.41. The molecule has 1 amide bonds. The summed E-state index contributed by atoms with van der Waals surface area (Å²) in [6, 6.07) is 8.02. The van der Waals surface area contributed by atoms with Crippen LogP contribution in [0.3, 0.4) is 0 Å². The molecule has 5 heteroatoms. The summed E-state index contributed by atoms with van der Waals surface area (Å²) in [6.45, 7) is 1.23. The number of carbonyl (C=O) groups is 2. The van der Waals surface area contributed by atoms with Crippen molar-refractivity contribution in [3.63, 3.8) is 0 Å². The number of amides is 1. The van der Waals surface area contributed by atoms with Crippen LogP contribution < -0.4 is 0 Å². The van der Waals surface area contributed by atoms with E-state index in [1.54, 1.807) is 16.2 Å². The van der Waals surface area contributed by atoms with Crippen LogP contribution in [0.15, 0.2) is 35.0 Å². The molecule has 0 spiro atoms. The molecule has 1 N–H and O–H groups in total. The minimum Gasteiger partial charge on any atom is -0.481 e. The van der Waals surface area contributed by atoms with E-state index in [4.69, 9.17) is 0 Å². The second kappa shape index (κ2) is 6.06. The fourth-order valence-electron chi connectivity index (χ4n) is 4.00. The number of aryl methyl sites for hydroxylation is 1. The molecular weight excluding hydrogens is 322 g/mol. The zero-order chi connectivity index (χ0) is 16.7. The van der Waals surface area contributed by atoms with E-state index < -0.39 is 11.9 Å². The highest BCUT2D eigenvalue weighted by Crippen LogP contribution is 2.40. The minimum atomic E-state index is -0.863. The summed E-state index contributed by atoms with van der Waals surface area (Å²) < 4.78 is 0. The average molecular weight is 341 g/mol. The molecule has 0 radical (unpaired) electrons. The summed E-state index contributed by atoms with van der Waals surface area (Å²) in [4.78, 5) is 26.3. The van der Waals surface area contributed by atoms with Gasteiger partial charge in [-0.1, -0.05) is 24.3 Å². The van der Waals surface area contributed by atoms with E-state index in [0.717, 1.165) is 18.4 Å². The number of thiophene rings is 1. The molecule has 4 rings (SSSR count). The van der Waals surface area contributed by atoms with Crippen LogP contribution in [0.5, 0.6) is 0 Å². The predicted molar refractivity (Wildman–Crippen MR) is 91.8 cm³/mol. The average Bonchev–Trinajstić information content (AvgIpc) is 3.26. The normalized spacial score (nSPS) is 19.8. The van der Waals surface area contributed by atoms with Crippen LogP contribution >= 0.6 is 11.3 Å². The molecule has 24 heavy (non-hydrogen) atoms. The van der Waals surface area contributed by atoms with E-state index in [1.807, 2.05) is 18.2 Å². The van der Waals surface area contributed by atoms with Gasteiger partial charge in [0.1, 0.15) is 0 Å². The molecule has 2 aliphatic rings. The molecule has 1 aliphatic carbocycles. The molecule has 2 heterocycles. The molecule has 2 atom stereocenters. The lowest BCUT2D eigenvalue weighted by Crippen LogP contribution is -2.32. The molecule has 0 bridgehead atoms. The molecular formula is C19H19NO3S. The van der Waals surface area contributed by atoms with Crippen molar-refractivity contribution in [2.24, 2.45) is 5.92 Å². The van der Waals surface area contributed by atoms with E-state index in [1.165, 1.54) is 16.7 Å². The Morgan fingerprint density at radius 3 is 2.58 bits per heavy atom. The molecule has 1 aromatic carbocycles. The third-order valence-electron chi connectivity index (χ3n) is 5.28. The fraction of sp³-hybridized carbons (Fsp3) is 0.368. The van der Waals surface area contributed by atoms with Gasteiger partial charge in [-0.15, -0.1) is 0 Å². The molecule has 0 saturated carbocycles. The van der Waals surface area contributed by atoms with Gasteiger partial charge in [-0.25, -0.2) is 0 Å². The van der Waals surface area contributed by atoms with Crippen molar-refractivity contribution in [1.82, 2.24) is 4.90 Å². The maximum Gasteiger partial charge on any atom is 0.307 e. The van der Waals surface area contributed by atoms with Gasteiger partial charge in [0.25, 0.3) is 0 Å². The monoisotopic (exact) mass is 341 g/mol. The van der Waals surface area contributed by atoms with Crippen LogP contribution in [0.2, 0.25) is 0 Å². The lowest BCUT2D eigenvalue weighted by Gasteiger charge is -2.23. The van der Waals surface area contributed by atoms with Crippen molar-refractivity contribution >= 4 is 23.2 Å². The Hall–Kier alpha value is -2.14. The SMILES string of the molecule is O=C(O)C(CC(=O)N1Cc2cscc2C1)[C@@H]1CCc2ccccc21. The summed E-state index contributed by atoms with van der Waals surface area (Å²) in [7, 11) is 0. The van der Waals surface area contributed by atoms with Gasteiger partial charge in [-0.05, 0) is 51.8 Å². The molecule has 1 unspecified atom stereocenters. The fourth-order valence-corrected chi connectivity index (χ4v) is 4.85. The summed E-state index contributed by atoms with van der Waals surface area (Å²) in [5.41, 5.74) is 4.74. The largest absolute Gasteiger partial charge is 0.481 e. The third-order valence-corrected chi connectivity index (χ3v) is 6.13. The Morgan fingerprint density at radius 1 is 1.17 bits per heavy atom. The van der Waals surface area contributed by atoms with Crippen molar-refractivity contribution in [3.05, 3.63) is 57.3 Å². The molecule has 1 aliphatic heterocycles. The molecule has 1 aromatic heterocycles. The highest BCUT2D eigenvalue weighted by atomic mass is 32.1. The number of aliphatic carboxylic acids is 1. The molecule has 0 saturated heterocycles. The number of carboxylic acids is 1. The van der Waals surface area contributed by atoms with Crippen molar-refractivity contribution in [3.8, 4) is 0 Å². The Bertz CT molecular complexity index is 777. The van der Waals surface area contributed by atoms with E-state index >= 15 is 0 Å². The first-order valence-corrected chi connectivity index (χ1v) is 9.20. The van der Waals surface area contributed by atoms with Gasteiger partial charge in [0.15, 0.2) is 0 Å². The topological polar surface area (TPSA) is 57.6 Å². The van der Waals surface area contributed by atoms with Gasteiger partial charge in [0, 0.05) is 19.5 Å². The van der Waals surface area contributed by atoms with Crippen molar-refractivity contribution < 1.29 is 14.7 Å². The van der Waals surface area contributed by atoms with Crippen LogP contribution in [-0.2, 0) is 29.1 Å². The minimum absolute atomic E-state index is 0.0482. The Kier molecular flexibility index (Phi) is 3.88. The van der Waals surface area contributed by atoms with E-state index in [2.05, 4.69) is 16.8 Å². The summed E-state index contributed by atoms with van der Waals surface area (Å²) in [5.74, 6) is -1.61. The van der Waals surface area contributed by atoms with Crippen LogP contribution in [0.25, 0.3) is 0 Å². The van der Waals surface area contributed by atoms with Gasteiger partial charge < -0.3 is 10.0 Å². The van der Waals surface area contributed by atoms with Crippen LogP contribution in [0.1, 0.15) is 41.0 Å². The van der Waals surface area contributed by atoms with Gasteiger partial charge in [-0.3, -0.25) is 9.59 Å². The molecule has 4 nitrogen and oxygen atoms in total. The van der Waals surface area contributed by atoms with E-state index in [9.17, 15) is 14.7 Å². The number of carboxylic acid groups (broad SMARTS) is 1. The van der Waals surface area contributed by atoms with Gasteiger partial charge >= 0.3 is 5.97 Å². The number of hydrogen-bond donors (Lipinski definition) is 1. The first kappa shape index (κ1) is 15.4. The second-order valence-electron chi connectivity index (χ2n) is 6.66. The summed E-state index contributed by atoms with van der Waals surface area (Å²) in [6.07, 6.45) is 1.80. The Balaban J connectivity index is 1.50. The number of rotatable bonds is 4. The zero-order valence-electron chi connectivity index (χ0n) is 13.3. The van der Waals surface area contributed by atoms with Gasteiger partial charge in [0.05, 0.1) is 5.92 Å². The second-order valence-corrected chi connectivity index (χ2v) is 7.41. The van der Waals surface area contributed by atoms with Crippen molar-refractivity contribution in [2.45, 2.75) is 38.3 Å². The lowest BCUT2D eigenvalue weighted by molar-refractivity contribution is -0.147. The van der Waals surface area contributed by atoms with Crippen LogP contribution in [-0.4, -0.2) is 21.9 Å². The summed E-state index contributed by atoms with van der Waals surface area (Å²) in [5, 5.41) is 13.9. The van der Waals surface area contributed by atoms with Crippen molar-refractivity contribution in [1.29, 1.82) is 0 Å². The molecule has 124 valence electrons. The van der Waals surface area contributed by atoms with E-state index in [0.29, 0.717) is 13.1 Å². The highest BCUT2D eigenvalue weighted by molar-refractivity contribution is 7.08. The van der Waals surface area contributed by atoms with Crippen LogP contribution in [0.4, 0.5) is 0 Å². The van der Waals surface area contributed by atoms with Crippen LogP contribution in [0, 0.1) is 5.92 Å². The number of carbonyl (C=O) groups excluding carboxylic acids is 1. The lowest BCUT2D eigenvalue weighted by atomic mass is 9.84. The van der Waals surface area contributed by atoms with E-state index in [-0.39, 0.29) is 18.2 Å². The Morgan fingerprint density at radius 2 is 1.88 bits per heavy atom. The maximum absolute atomic E-state index is 12.7. The first-order valence-electron chi connectivity index (χ1n) is 8.26. The third kappa shape index (κ3) is 2.63.